The van der Waals surface area contributed by atoms with Gasteiger partial charge in [-0.1, -0.05) is 18.2 Å². The lowest BCUT2D eigenvalue weighted by Gasteiger charge is -2.22. The van der Waals surface area contributed by atoms with Gasteiger partial charge in [0.15, 0.2) is 18.1 Å². The van der Waals surface area contributed by atoms with E-state index in [1.165, 1.54) is 14.0 Å². The van der Waals surface area contributed by atoms with E-state index in [0.717, 1.165) is 0 Å². The maximum absolute atomic E-state index is 12.0. The van der Waals surface area contributed by atoms with Crippen LogP contribution >= 0.6 is 0 Å². The summed E-state index contributed by atoms with van der Waals surface area (Å²) in [6.45, 7) is 2.00. The molecule has 0 saturated heterocycles. The highest BCUT2D eigenvalue weighted by molar-refractivity contribution is 5.92. The first-order chi connectivity index (χ1) is 13.0. The first-order valence-corrected chi connectivity index (χ1v) is 8.50. The van der Waals surface area contributed by atoms with Gasteiger partial charge in [-0.25, -0.2) is 0 Å². The minimum Gasteiger partial charge on any atom is -0.493 e. The third-order valence-electron chi connectivity index (χ3n) is 3.83. The molecule has 0 heterocycles. The van der Waals surface area contributed by atoms with E-state index in [1.807, 2.05) is 18.2 Å². The number of hydrogen-bond acceptors (Lipinski definition) is 5. The summed E-state index contributed by atoms with van der Waals surface area (Å²) >= 11 is 0. The lowest BCUT2D eigenvalue weighted by atomic mass is 10.2. The Hall–Kier alpha value is -3.22. The van der Waals surface area contributed by atoms with Crippen LogP contribution in [-0.4, -0.2) is 45.7 Å². The lowest BCUT2D eigenvalue weighted by molar-refractivity contribution is -0.123. The monoisotopic (exact) mass is 372 g/mol. The number of ether oxygens (including phenoxy) is 3. The zero-order chi connectivity index (χ0) is 19.6. The molecule has 0 spiro atoms. The van der Waals surface area contributed by atoms with E-state index in [9.17, 15) is 9.59 Å². The number of nitrogens with one attached hydrogen (secondary N) is 1. The number of carbonyl (C=O) groups is 2. The van der Waals surface area contributed by atoms with Crippen LogP contribution in [0.4, 0.5) is 5.69 Å². The molecule has 0 radical (unpaired) electrons. The first-order valence-electron chi connectivity index (χ1n) is 8.50. The van der Waals surface area contributed by atoms with Gasteiger partial charge in [0.2, 0.25) is 5.91 Å². The highest BCUT2D eigenvalue weighted by atomic mass is 16.5. The molecule has 2 aromatic carbocycles. The second kappa shape index (κ2) is 10.1. The van der Waals surface area contributed by atoms with Crippen molar-refractivity contribution in [1.82, 2.24) is 5.32 Å². The molecule has 0 atom stereocenters. The molecule has 2 aromatic rings. The number of carbonyl (C=O) groups excluding carboxylic acids is 2. The summed E-state index contributed by atoms with van der Waals surface area (Å²) in [5.74, 6) is 1.34. The fraction of sp³-hybridized carbons (Fsp3) is 0.300. The van der Waals surface area contributed by atoms with Crippen molar-refractivity contribution in [1.29, 1.82) is 0 Å². The Morgan fingerprint density at radius 1 is 1.00 bits per heavy atom. The Morgan fingerprint density at radius 3 is 2.33 bits per heavy atom. The molecule has 0 aromatic heterocycles. The predicted octanol–water partition coefficient (Wildman–Crippen LogP) is 2.25. The van der Waals surface area contributed by atoms with Crippen molar-refractivity contribution in [2.75, 3.05) is 38.8 Å². The Kier molecular flexibility index (Phi) is 7.49. The van der Waals surface area contributed by atoms with E-state index in [-0.39, 0.29) is 18.4 Å². The molecule has 0 unspecified atom stereocenters. The van der Waals surface area contributed by atoms with Gasteiger partial charge in [-0.05, 0) is 24.3 Å². The van der Waals surface area contributed by atoms with Gasteiger partial charge < -0.3 is 24.4 Å². The van der Waals surface area contributed by atoms with E-state index in [0.29, 0.717) is 36.0 Å². The van der Waals surface area contributed by atoms with Crippen LogP contribution in [0, 0.1) is 0 Å². The topological polar surface area (TPSA) is 77.1 Å². The SMILES string of the molecule is COc1ccc(N(CCNC(=O)COc2ccccc2)C(C)=O)cc1OC. The molecule has 27 heavy (non-hydrogen) atoms. The Morgan fingerprint density at radius 2 is 1.70 bits per heavy atom. The quantitative estimate of drug-likeness (QED) is 0.731. The number of nitrogens with zero attached hydrogens (tertiary/aromatic N) is 1. The number of benzene rings is 2. The van der Waals surface area contributed by atoms with Gasteiger partial charge >= 0.3 is 0 Å². The molecule has 2 amide bonds. The standard InChI is InChI=1S/C20H24N2O5/c1-15(23)22(16-9-10-18(25-2)19(13-16)26-3)12-11-21-20(24)14-27-17-7-5-4-6-8-17/h4-10,13H,11-12,14H2,1-3H3,(H,21,24). The fourth-order valence-electron chi connectivity index (χ4n) is 2.48. The number of methoxy groups -OCH3 is 2. The molecule has 0 fully saturated rings. The van der Waals surface area contributed by atoms with Crippen LogP contribution in [0.25, 0.3) is 0 Å². The summed E-state index contributed by atoms with van der Waals surface area (Å²) in [5, 5.41) is 2.75. The van der Waals surface area contributed by atoms with Gasteiger partial charge in [0.05, 0.1) is 14.2 Å². The van der Waals surface area contributed by atoms with Gasteiger partial charge in [-0.3, -0.25) is 9.59 Å². The van der Waals surface area contributed by atoms with Crippen LogP contribution in [0.2, 0.25) is 0 Å². The molecular formula is C20H24N2O5. The molecular weight excluding hydrogens is 348 g/mol. The van der Waals surface area contributed by atoms with Crippen LogP contribution in [0.5, 0.6) is 17.2 Å². The van der Waals surface area contributed by atoms with Gasteiger partial charge in [-0.2, -0.15) is 0 Å². The van der Waals surface area contributed by atoms with E-state index in [4.69, 9.17) is 14.2 Å². The summed E-state index contributed by atoms with van der Waals surface area (Å²) in [7, 11) is 3.08. The summed E-state index contributed by atoms with van der Waals surface area (Å²) in [6.07, 6.45) is 0. The van der Waals surface area contributed by atoms with Crippen LogP contribution in [-0.2, 0) is 9.59 Å². The maximum atomic E-state index is 12.0. The molecule has 7 nitrogen and oxygen atoms in total. The third kappa shape index (κ3) is 5.91. The van der Waals surface area contributed by atoms with E-state index in [2.05, 4.69) is 5.32 Å². The van der Waals surface area contributed by atoms with E-state index >= 15 is 0 Å². The van der Waals surface area contributed by atoms with Crippen molar-refractivity contribution in [3.63, 3.8) is 0 Å². The molecule has 7 heteroatoms. The molecule has 0 bridgehead atoms. The van der Waals surface area contributed by atoms with Crippen LogP contribution in [0.15, 0.2) is 48.5 Å². The average Bonchev–Trinajstić information content (AvgIpc) is 2.69. The van der Waals surface area contributed by atoms with Crippen molar-refractivity contribution >= 4 is 17.5 Å². The smallest absolute Gasteiger partial charge is 0.258 e. The summed E-state index contributed by atoms with van der Waals surface area (Å²) in [5.41, 5.74) is 0.662. The van der Waals surface area contributed by atoms with Crippen LogP contribution < -0.4 is 24.4 Å². The van der Waals surface area contributed by atoms with Crippen molar-refractivity contribution in [2.45, 2.75) is 6.92 Å². The lowest BCUT2D eigenvalue weighted by Crippen LogP contribution is -2.39. The number of rotatable bonds is 9. The molecule has 0 aliphatic heterocycles. The van der Waals surface area contributed by atoms with Gasteiger partial charge in [0.25, 0.3) is 5.91 Å². The Bertz CT molecular complexity index is 764. The number of amides is 2. The number of anilines is 1. The highest BCUT2D eigenvalue weighted by Gasteiger charge is 2.15. The zero-order valence-corrected chi connectivity index (χ0v) is 15.7. The van der Waals surface area contributed by atoms with Crippen LogP contribution in [0.1, 0.15) is 6.92 Å². The second-order valence-corrected chi connectivity index (χ2v) is 5.66. The molecule has 1 N–H and O–H groups in total. The minimum atomic E-state index is -0.255. The van der Waals surface area contributed by atoms with Crippen LogP contribution in [0.3, 0.4) is 0 Å². The minimum absolute atomic E-state index is 0.0829. The third-order valence-corrected chi connectivity index (χ3v) is 3.83. The van der Waals surface area contributed by atoms with Gasteiger partial charge in [-0.15, -0.1) is 0 Å². The molecule has 2 rings (SSSR count). The molecule has 0 aliphatic rings. The van der Waals surface area contributed by atoms with Gasteiger partial charge in [0, 0.05) is 31.8 Å². The Balaban J connectivity index is 1.89. The van der Waals surface area contributed by atoms with E-state index < -0.39 is 0 Å². The number of hydrogen-bond donors (Lipinski definition) is 1. The summed E-state index contributed by atoms with van der Waals surface area (Å²) in [4.78, 5) is 25.5. The van der Waals surface area contributed by atoms with Crippen molar-refractivity contribution in [3.05, 3.63) is 48.5 Å². The Labute approximate surface area is 158 Å². The van der Waals surface area contributed by atoms with Crippen molar-refractivity contribution < 1.29 is 23.8 Å². The van der Waals surface area contributed by atoms with E-state index in [1.54, 1.807) is 42.3 Å². The number of para-hydroxylation sites is 1. The molecule has 0 aliphatic carbocycles. The zero-order valence-electron chi connectivity index (χ0n) is 15.7. The average molecular weight is 372 g/mol. The van der Waals surface area contributed by atoms with Crippen molar-refractivity contribution in [3.8, 4) is 17.2 Å². The largest absolute Gasteiger partial charge is 0.493 e. The fourth-order valence-corrected chi connectivity index (χ4v) is 2.48. The van der Waals surface area contributed by atoms with Crippen molar-refractivity contribution in [2.24, 2.45) is 0 Å². The van der Waals surface area contributed by atoms with Gasteiger partial charge in [0.1, 0.15) is 5.75 Å². The normalized spacial score (nSPS) is 10.0. The molecule has 144 valence electrons. The summed E-state index contributed by atoms with van der Waals surface area (Å²) < 4.78 is 15.9. The second-order valence-electron chi connectivity index (χ2n) is 5.66. The maximum Gasteiger partial charge on any atom is 0.258 e. The predicted molar refractivity (Wildman–Crippen MR) is 103 cm³/mol. The highest BCUT2D eigenvalue weighted by Crippen LogP contribution is 2.31. The molecule has 0 saturated carbocycles. The summed E-state index contributed by atoms with van der Waals surface area (Å²) in [6, 6.07) is 14.3. The first kappa shape index (κ1) is 20.1.